The van der Waals surface area contributed by atoms with Crippen LogP contribution in [-0.4, -0.2) is 47.4 Å². The molecule has 0 bridgehead atoms. The first-order valence-corrected chi connectivity index (χ1v) is 11.5. The smallest absolute Gasteiger partial charge is 0.260 e. The summed E-state index contributed by atoms with van der Waals surface area (Å²) >= 11 is 0. The van der Waals surface area contributed by atoms with E-state index in [1.807, 2.05) is 28.0 Å². The van der Waals surface area contributed by atoms with Gasteiger partial charge in [-0.25, -0.2) is 0 Å². The molecule has 0 spiro atoms. The Balaban J connectivity index is 1.43. The van der Waals surface area contributed by atoms with Crippen molar-refractivity contribution < 1.29 is 14.3 Å². The fourth-order valence-electron chi connectivity index (χ4n) is 4.72. The highest BCUT2D eigenvalue weighted by Gasteiger charge is 2.28. The molecule has 0 aromatic heterocycles. The van der Waals surface area contributed by atoms with Crippen LogP contribution < -0.4 is 4.74 Å². The second kappa shape index (κ2) is 9.54. The molecule has 2 aliphatic rings. The molecule has 0 radical (unpaired) electrons. The SMILES string of the molecule is CCC1CCCCN1C(=O)COc1cccc2c1CCN(Cc1ccc(C)cc1)C2=O. The first-order chi connectivity index (χ1) is 15.1. The molecule has 5 nitrogen and oxygen atoms in total. The summed E-state index contributed by atoms with van der Waals surface area (Å²) in [6.45, 7) is 6.31. The van der Waals surface area contributed by atoms with Crippen molar-refractivity contribution in [1.29, 1.82) is 0 Å². The Morgan fingerprint density at radius 1 is 1.10 bits per heavy atom. The van der Waals surface area contributed by atoms with Gasteiger partial charge in [0.25, 0.3) is 11.8 Å². The third-order valence-electron chi connectivity index (χ3n) is 6.55. The normalized spacial score (nSPS) is 18.6. The molecule has 1 saturated heterocycles. The van der Waals surface area contributed by atoms with Gasteiger partial charge >= 0.3 is 0 Å². The molecule has 0 N–H and O–H groups in total. The van der Waals surface area contributed by atoms with Gasteiger partial charge in [-0.2, -0.15) is 0 Å². The van der Waals surface area contributed by atoms with E-state index >= 15 is 0 Å². The van der Waals surface area contributed by atoms with Gasteiger partial charge in [-0.1, -0.05) is 42.8 Å². The highest BCUT2D eigenvalue weighted by molar-refractivity contribution is 5.97. The van der Waals surface area contributed by atoms with E-state index in [1.54, 1.807) is 0 Å². The summed E-state index contributed by atoms with van der Waals surface area (Å²) in [6, 6.07) is 14.2. The van der Waals surface area contributed by atoms with Crippen molar-refractivity contribution in [3.05, 3.63) is 64.7 Å². The minimum absolute atomic E-state index is 0.0284. The van der Waals surface area contributed by atoms with Crippen LogP contribution in [0.4, 0.5) is 0 Å². The summed E-state index contributed by atoms with van der Waals surface area (Å²) in [5.41, 5.74) is 3.96. The maximum atomic E-state index is 13.1. The van der Waals surface area contributed by atoms with Gasteiger partial charge in [-0.3, -0.25) is 9.59 Å². The lowest BCUT2D eigenvalue weighted by molar-refractivity contribution is -0.137. The molecule has 0 saturated carbocycles. The van der Waals surface area contributed by atoms with E-state index in [0.717, 1.165) is 43.4 Å². The molecule has 164 valence electrons. The molecule has 5 heteroatoms. The molecule has 2 aromatic rings. The van der Waals surface area contributed by atoms with Crippen LogP contribution in [0.25, 0.3) is 0 Å². The van der Waals surface area contributed by atoms with Gasteiger partial charge in [0.15, 0.2) is 6.61 Å². The number of aryl methyl sites for hydroxylation is 1. The van der Waals surface area contributed by atoms with Crippen molar-refractivity contribution in [1.82, 2.24) is 9.80 Å². The molecule has 31 heavy (non-hydrogen) atoms. The fraction of sp³-hybridized carbons (Fsp3) is 0.462. The molecule has 2 amide bonds. The number of fused-ring (bicyclic) bond motifs is 1. The number of hydrogen-bond acceptors (Lipinski definition) is 3. The van der Waals surface area contributed by atoms with Gasteiger partial charge in [0.05, 0.1) is 0 Å². The summed E-state index contributed by atoms with van der Waals surface area (Å²) < 4.78 is 5.97. The molecule has 1 atom stereocenters. The van der Waals surface area contributed by atoms with Crippen LogP contribution in [-0.2, 0) is 17.8 Å². The quantitative estimate of drug-likeness (QED) is 0.698. The molecule has 4 rings (SSSR count). The van der Waals surface area contributed by atoms with Gasteiger partial charge in [-0.15, -0.1) is 0 Å². The first-order valence-electron chi connectivity index (χ1n) is 11.5. The van der Waals surface area contributed by atoms with Crippen molar-refractivity contribution in [2.45, 2.75) is 58.5 Å². The Hall–Kier alpha value is -2.82. The Morgan fingerprint density at radius 2 is 1.90 bits per heavy atom. The topological polar surface area (TPSA) is 49.9 Å². The van der Waals surface area contributed by atoms with Crippen molar-refractivity contribution >= 4 is 11.8 Å². The molecular formula is C26H32N2O3. The average Bonchev–Trinajstić information content (AvgIpc) is 2.80. The molecule has 1 fully saturated rings. The lowest BCUT2D eigenvalue weighted by Crippen LogP contribution is -2.45. The molecule has 2 aliphatic heterocycles. The Bertz CT molecular complexity index is 938. The highest BCUT2D eigenvalue weighted by atomic mass is 16.5. The number of nitrogens with zero attached hydrogens (tertiary/aromatic N) is 2. The number of amides is 2. The number of carbonyl (C=O) groups is 2. The molecule has 1 unspecified atom stereocenters. The van der Waals surface area contributed by atoms with Crippen LogP contribution in [0.15, 0.2) is 42.5 Å². The lowest BCUT2D eigenvalue weighted by Gasteiger charge is -2.35. The summed E-state index contributed by atoms with van der Waals surface area (Å²) in [7, 11) is 0. The molecule has 0 aliphatic carbocycles. The van der Waals surface area contributed by atoms with Crippen LogP contribution in [0.5, 0.6) is 5.75 Å². The van der Waals surface area contributed by atoms with Gasteiger partial charge in [0.1, 0.15) is 5.75 Å². The van der Waals surface area contributed by atoms with Crippen LogP contribution in [0, 0.1) is 6.92 Å². The number of ether oxygens (including phenoxy) is 1. The minimum atomic E-state index is 0.0284. The number of rotatable bonds is 6. The van der Waals surface area contributed by atoms with E-state index in [1.165, 1.54) is 12.0 Å². The third-order valence-corrected chi connectivity index (χ3v) is 6.55. The van der Waals surface area contributed by atoms with Gasteiger partial charge in [-0.05, 0) is 56.7 Å². The number of piperidine rings is 1. The van der Waals surface area contributed by atoms with Crippen LogP contribution in [0.3, 0.4) is 0 Å². The van der Waals surface area contributed by atoms with Gasteiger partial charge < -0.3 is 14.5 Å². The van der Waals surface area contributed by atoms with Crippen LogP contribution in [0.2, 0.25) is 0 Å². The first kappa shape index (κ1) is 21.4. The van der Waals surface area contributed by atoms with E-state index in [2.05, 4.69) is 38.1 Å². The van der Waals surface area contributed by atoms with Crippen LogP contribution >= 0.6 is 0 Å². The number of likely N-dealkylation sites (tertiary alicyclic amines) is 1. The second-order valence-corrected chi connectivity index (χ2v) is 8.68. The summed E-state index contributed by atoms with van der Waals surface area (Å²) in [5, 5.41) is 0. The van der Waals surface area contributed by atoms with E-state index in [4.69, 9.17) is 4.74 Å². The fourth-order valence-corrected chi connectivity index (χ4v) is 4.72. The lowest BCUT2D eigenvalue weighted by atomic mass is 9.97. The van der Waals surface area contributed by atoms with Crippen molar-refractivity contribution in [2.75, 3.05) is 19.7 Å². The Labute approximate surface area is 185 Å². The maximum Gasteiger partial charge on any atom is 0.260 e. The van der Waals surface area contributed by atoms with E-state index < -0.39 is 0 Å². The number of hydrogen-bond donors (Lipinski definition) is 0. The predicted molar refractivity (Wildman–Crippen MR) is 121 cm³/mol. The standard InChI is InChI=1S/C26H32N2O3/c1-3-21-7-4-5-15-28(21)25(29)18-31-24-9-6-8-23-22(24)14-16-27(26(23)30)17-20-12-10-19(2)11-13-20/h6,8-13,21H,3-5,7,14-18H2,1-2H3. The largest absolute Gasteiger partial charge is 0.483 e. The van der Waals surface area contributed by atoms with Crippen molar-refractivity contribution in [2.24, 2.45) is 0 Å². The van der Waals surface area contributed by atoms with Gasteiger partial charge in [0.2, 0.25) is 0 Å². The highest BCUT2D eigenvalue weighted by Crippen LogP contribution is 2.29. The predicted octanol–water partition coefficient (Wildman–Crippen LogP) is 4.36. The second-order valence-electron chi connectivity index (χ2n) is 8.68. The summed E-state index contributed by atoms with van der Waals surface area (Å²) in [5.74, 6) is 0.743. The van der Waals surface area contributed by atoms with Crippen molar-refractivity contribution in [3.63, 3.8) is 0 Å². The Morgan fingerprint density at radius 3 is 2.68 bits per heavy atom. The van der Waals surface area contributed by atoms with Gasteiger partial charge in [0, 0.05) is 36.8 Å². The third kappa shape index (κ3) is 4.76. The summed E-state index contributed by atoms with van der Waals surface area (Å²) in [6.07, 6.45) is 5.05. The minimum Gasteiger partial charge on any atom is -0.483 e. The molecule has 2 heterocycles. The molecular weight excluding hydrogens is 388 g/mol. The van der Waals surface area contributed by atoms with E-state index in [-0.39, 0.29) is 18.4 Å². The number of carbonyl (C=O) groups excluding carboxylic acids is 2. The zero-order valence-corrected chi connectivity index (χ0v) is 18.6. The average molecular weight is 421 g/mol. The summed E-state index contributed by atoms with van der Waals surface area (Å²) in [4.78, 5) is 29.8. The zero-order chi connectivity index (χ0) is 21.8. The monoisotopic (exact) mass is 420 g/mol. The van der Waals surface area contributed by atoms with Crippen molar-refractivity contribution in [3.8, 4) is 5.75 Å². The maximum absolute atomic E-state index is 13.1. The molecule has 2 aromatic carbocycles. The van der Waals surface area contributed by atoms with E-state index in [0.29, 0.717) is 30.4 Å². The zero-order valence-electron chi connectivity index (χ0n) is 18.6. The van der Waals surface area contributed by atoms with Crippen LogP contribution in [0.1, 0.15) is 59.7 Å². The Kier molecular flexibility index (Phi) is 6.59. The van der Waals surface area contributed by atoms with E-state index in [9.17, 15) is 9.59 Å². The number of benzene rings is 2.